The van der Waals surface area contributed by atoms with Crippen LogP contribution in [0.15, 0.2) is 78.9 Å². The highest BCUT2D eigenvalue weighted by Crippen LogP contribution is 2.24. The summed E-state index contributed by atoms with van der Waals surface area (Å²) in [6.45, 7) is 0.0480. The summed E-state index contributed by atoms with van der Waals surface area (Å²) in [4.78, 5) is 0. The molecule has 1 unspecified atom stereocenters. The van der Waals surface area contributed by atoms with E-state index in [2.05, 4.69) is 5.32 Å². The molecule has 0 aliphatic carbocycles. The van der Waals surface area contributed by atoms with Crippen LogP contribution in [0.1, 0.15) is 22.8 Å². The van der Waals surface area contributed by atoms with Gasteiger partial charge in [0.05, 0.1) is 6.61 Å². The molecule has 3 heteroatoms. The summed E-state index contributed by atoms with van der Waals surface area (Å²) in [5.74, 6) is 0. The zero-order valence-corrected chi connectivity index (χ0v) is 12.7. The van der Waals surface area contributed by atoms with Gasteiger partial charge in [-0.1, -0.05) is 54.6 Å². The number of aliphatic hydroxyl groups excluding tert-OH is 2. The lowest BCUT2D eigenvalue weighted by molar-refractivity contribution is 0.220. The average Bonchev–Trinajstić information content (AvgIpc) is 2.63. The Hall–Kier alpha value is -2.62. The number of aliphatic hydroxyl groups is 2. The molecule has 3 nitrogen and oxygen atoms in total. The Morgan fingerprint density at radius 3 is 1.78 bits per heavy atom. The smallest absolute Gasteiger partial charge is 0.104 e. The summed E-state index contributed by atoms with van der Waals surface area (Å²) in [5, 5.41) is 22.7. The molecule has 0 bridgehead atoms. The fourth-order valence-corrected chi connectivity index (χ4v) is 2.44. The summed E-state index contributed by atoms with van der Waals surface area (Å²) < 4.78 is 0. The van der Waals surface area contributed by atoms with E-state index >= 15 is 0 Å². The molecule has 3 aromatic rings. The van der Waals surface area contributed by atoms with Gasteiger partial charge in [0.2, 0.25) is 0 Å². The van der Waals surface area contributed by atoms with E-state index in [1.165, 1.54) is 0 Å². The molecular weight excluding hydrogens is 286 g/mol. The maximum atomic E-state index is 10.4. The fraction of sp³-hybridized carbons (Fsp3) is 0.100. The van der Waals surface area contributed by atoms with E-state index < -0.39 is 6.10 Å². The van der Waals surface area contributed by atoms with Crippen molar-refractivity contribution in [1.29, 1.82) is 0 Å². The van der Waals surface area contributed by atoms with Crippen LogP contribution in [0.5, 0.6) is 0 Å². The molecule has 0 saturated carbocycles. The van der Waals surface area contributed by atoms with Crippen molar-refractivity contribution >= 4 is 11.4 Å². The highest BCUT2D eigenvalue weighted by atomic mass is 16.3. The standard InChI is InChI=1S/C20H19NO2/c22-14-15-6-10-18(11-7-15)21-19-12-8-17(9-13-19)20(23)16-4-2-1-3-5-16/h1-13,20-23H,14H2. The molecule has 0 fully saturated rings. The normalized spacial score (nSPS) is 11.9. The summed E-state index contributed by atoms with van der Waals surface area (Å²) in [7, 11) is 0. The minimum atomic E-state index is -0.617. The summed E-state index contributed by atoms with van der Waals surface area (Å²) in [5.41, 5.74) is 4.53. The summed E-state index contributed by atoms with van der Waals surface area (Å²) in [6, 6.07) is 25.0. The van der Waals surface area contributed by atoms with Crippen LogP contribution in [0.3, 0.4) is 0 Å². The SMILES string of the molecule is OCc1ccc(Nc2ccc(C(O)c3ccccc3)cc2)cc1. The Kier molecular flexibility index (Phi) is 4.71. The Labute approximate surface area is 135 Å². The Balaban J connectivity index is 1.71. The van der Waals surface area contributed by atoms with Gasteiger partial charge in [-0.15, -0.1) is 0 Å². The fourth-order valence-electron chi connectivity index (χ4n) is 2.44. The maximum Gasteiger partial charge on any atom is 0.104 e. The van der Waals surface area contributed by atoms with Crippen molar-refractivity contribution in [3.63, 3.8) is 0 Å². The van der Waals surface area contributed by atoms with Crippen molar-refractivity contribution in [2.45, 2.75) is 12.7 Å². The summed E-state index contributed by atoms with van der Waals surface area (Å²) in [6.07, 6.45) is -0.617. The first-order valence-corrected chi connectivity index (χ1v) is 7.56. The molecular formula is C20H19NO2. The van der Waals surface area contributed by atoms with Crippen LogP contribution in [0.4, 0.5) is 11.4 Å². The number of hydrogen-bond acceptors (Lipinski definition) is 3. The first-order chi connectivity index (χ1) is 11.3. The second-order valence-electron chi connectivity index (χ2n) is 5.42. The lowest BCUT2D eigenvalue weighted by Gasteiger charge is -2.13. The molecule has 0 aliphatic rings. The first-order valence-electron chi connectivity index (χ1n) is 7.56. The third-order valence-corrected chi connectivity index (χ3v) is 3.77. The minimum absolute atomic E-state index is 0.0480. The van der Waals surface area contributed by atoms with Crippen LogP contribution in [0.25, 0.3) is 0 Å². The second-order valence-corrected chi connectivity index (χ2v) is 5.42. The monoisotopic (exact) mass is 305 g/mol. The second kappa shape index (κ2) is 7.09. The summed E-state index contributed by atoms with van der Waals surface area (Å²) >= 11 is 0. The van der Waals surface area contributed by atoms with Crippen molar-refractivity contribution in [2.24, 2.45) is 0 Å². The van der Waals surface area contributed by atoms with E-state index in [0.29, 0.717) is 0 Å². The third-order valence-electron chi connectivity index (χ3n) is 3.77. The average molecular weight is 305 g/mol. The molecule has 0 aromatic heterocycles. The number of anilines is 2. The van der Waals surface area contributed by atoms with E-state index in [1.807, 2.05) is 78.9 Å². The van der Waals surface area contributed by atoms with Crippen LogP contribution in [0, 0.1) is 0 Å². The number of hydrogen-bond donors (Lipinski definition) is 3. The van der Waals surface area contributed by atoms with Crippen LogP contribution in [-0.2, 0) is 6.61 Å². The van der Waals surface area contributed by atoms with Gasteiger partial charge in [-0.25, -0.2) is 0 Å². The Morgan fingerprint density at radius 2 is 1.22 bits per heavy atom. The van der Waals surface area contributed by atoms with Gasteiger partial charge in [-0.3, -0.25) is 0 Å². The first kappa shape index (κ1) is 15.3. The maximum absolute atomic E-state index is 10.4. The van der Waals surface area contributed by atoms with Gasteiger partial charge < -0.3 is 15.5 Å². The molecule has 3 aromatic carbocycles. The molecule has 0 radical (unpaired) electrons. The van der Waals surface area contributed by atoms with Gasteiger partial charge in [0.15, 0.2) is 0 Å². The predicted octanol–water partition coefficient (Wildman–Crippen LogP) is 4.00. The number of benzene rings is 3. The highest BCUT2D eigenvalue weighted by molar-refractivity contribution is 5.60. The van der Waals surface area contributed by atoms with E-state index in [4.69, 9.17) is 5.11 Å². The van der Waals surface area contributed by atoms with E-state index in [1.54, 1.807) is 0 Å². The Bertz CT molecular complexity index is 737. The predicted molar refractivity (Wildman–Crippen MR) is 92.6 cm³/mol. The van der Waals surface area contributed by atoms with Gasteiger partial charge in [-0.05, 0) is 41.0 Å². The van der Waals surface area contributed by atoms with Crippen LogP contribution in [-0.4, -0.2) is 10.2 Å². The van der Waals surface area contributed by atoms with Gasteiger partial charge in [0.25, 0.3) is 0 Å². The topological polar surface area (TPSA) is 52.5 Å². The zero-order chi connectivity index (χ0) is 16.1. The van der Waals surface area contributed by atoms with E-state index in [0.717, 1.165) is 28.1 Å². The minimum Gasteiger partial charge on any atom is -0.392 e. The largest absolute Gasteiger partial charge is 0.392 e. The molecule has 0 heterocycles. The van der Waals surface area contributed by atoms with Crippen LogP contribution in [0.2, 0.25) is 0 Å². The molecule has 116 valence electrons. The zero-order valence-electron chi connectivity index (χ0n) is 12.7. The number of nitrogens with one attached hydrogen (secondary N) is 1. The molecule has 0 spiro atoms. The van der Waals surface area contributed by atoms with E-state index in [-0.39, 0.29) is 6.61 Å². The van der Waals surface area contributed by atoms with E-state index in [9.17, 15) is 5.11 Å². The molecule has 1 atom stereocenters. The van der Waals surface area contributed by atoms with Crippen molar-refractivity contribution in [3.05, 3.63) is 95.6 Å². The van der Waals surface area contributed by atoms with Crippen molar-refractivity contribution in [1.82, 2.24) is 0 Å². The molecule has 0 amide bonds. The van der Waals surface area contributed by atoms with Gasteiger partial charge in [0, 0.05) is 11.4 Å². The van der Waals surface area contributed by atoms with Crippen LogP contribution < -0.4 is 5.32 Å². The molecule has 3 rings (SSSR count). The van der Waals surface area contributed by atoms with Crippen molar-refractivity contribution in [2.75, 3.05) is 5.32 Å². The quantitative estimate of drug-likeness (QED) is 0.667. The molecule has 23 heavy (non-hydrogen) atoms. The van der Waals surface area contributed by atoms with Crippen LogP contribution >= 0.6 is 0 Å². The Morgan fingerprint density at radius 1 is 0.696 bits per heavy atom. The van der Waals surface area contributed by atoms with Gasteiger partial charge in [-0.2, -0.15) is 0 Å². The molecule has 0 saturated heterocycles. The lowest BCUT2D eigenvalue weighted by atomic mass is 10.0. The highest BCUT2D eigenvalue weighted by Gasteiger charge is 2.09. The van der Waals surface area contributed by atoms with Crippen molar-refractivity contribution in [3.8, 4) is 0 Å². The molecule has 0 aliphatic heterocycles. The van der Waals surface area contributed by atoms with Crippen molar-refractivity contribution < 1.29 is 10.2 Å². The van der Waals surface area contributed by atoms with Gasteiger partial charge >= 0.3 is 0 Å². The lowest BCUT2D eigenvalue weighted by Crippen LogP contribution is -1.99. The number of rotatable bonds is 5. The molecule has 3 N–H and O–H groups in total. The van der Waals surface area contributed by atoms with Gasteiger partial charge in [0.1, 0.15) is 6.10 Å². The third kappa shape index (κ3) is 3.77.